The van der Waals surface area contributed by atoms with E-state index in [1.54, 1.807) is 30.3 Å². The molecule has 0 aliphatic carbocycles. The highest BCUT2D eigenvalue weighted by Gasteiger charge is 1.92. The molecule has 15 heavy (non-hydrogen) atoms. The van der Waals surface area contributed by atoms with E-state index in [1.165, 1.54) is 0 Å². The number of nitriles is 1. The summed E-state index contributed by atoms with van der Waals surface area (Å²) in [5.74, 6) is 0. The van der Waals surface area contributed by atoms with Gasteiger partial charge in [-0.3, -0.25) is 0 Å². The quantitative estimate of drug-likeness (QED) is 0.316. The summed E-state index contributed by atoms with van der Waals surface area (Å²) in [4.78, 5) is 4.91. The van der Waals surface area contributed by atoms with Crippen LogP contribution in [-0.4, -0.2) is 12.8 Å². The van der Waals surface area contributed by atoms with E-state index >= 15 is 0 Å². The molecular formula is C12H11N2O. The van der Waals surface area contributed by atoms with E-state index in [0.717, 1.165) is 12.0 Å². The average molecular weight is 199 g/mol. The number of hydrogen-bond acceptors (Lipinski definition) is 3. The zero-order valence-corrected chi connectivity index (χ0v) is 8.31. The molecule has 3 nitrogen and oxygen atoms in total. The van der Waals surface area contributed by atoms with E-state index in [2.05, 4.69) is 17.9 Å². The molecule has 0 spiro atoms. The number of nitrogens with zero attached hydrogens (tertiary/aromatic N) is 2. The minimum Gasteiger partial charge on any atom is -0.395 e. The predicted octanol–water partition coefficient (Wildman–Crippen LogP) is 2.36. The van der Waals surface area contributed by atoms with Crippen LogP contribution in [-0.2, 0) is 4.84 Å². The lowest BCUT2D eigenvalue weighted by atomic mass is 10.1. The van der Waals surface area contributed by atoms with Gasteiger partial charge in [-0.25, -0.2) is 0 Å². The van der Waals surface area contributed by atoms with E-state index in [1.807, 2.05) is 6.07 Å². The molecule has 1 radical (unpaired) electrons. The van der Waals surface area contributed by atoms with Gasteiger partial charge in [-0.2, -0.15) is 5.26 Å². The summed E-state index contributed by atoms with van der Waals surface area (Å²) in [6.45, 7) is 4.06. The lowest BCUT2D eigenvalue weighted by Gasteiger charge is -1.94. The molecule has 0 saturated heterocycles. The van der Waals surface area contributed by atoms with Crippen LogP contribution in [0, 0.1) is 11.3 Å². The number of rotatable bonds is 5. The van der Waals surface area contributed by atoms with Gasteiger partial charge >= 0.3 is 0 Å². The first-order chi connectivity index (χ1) is 7.36. The summed E-state index contributed by atoms with van der Waals surface area (Å²) in [7, 11) is 0. The van der Waals surface area contributed by atoms with Crippen LogP contribution >= 0.6 is 0 Å². The molecule has 0 fully saturated rings. The van der Waals surface area contributed by atoms with Crippen molar-refractivity contribution in [2.75, 3.05) is 6.61 Å². The normalized spacial score (nSPS) is 9.80. The van der Waals surface area contributed by atoms with Gasteiger partial charge in [0.05, 0.1) is 11.6 Å². The van der Waals surface area contributed by atoms with Crippen molar-refractivity contribution in [2.24, 2.45) is 5.16 Å². The van der Waals surface area contributed by atoms with E-state index in [4.69, 9.17) is 10.1 Å². The van der Waals surface area contributed by atoms with Crippen LogP contribution in [0.5, 0.6) is 0 Å². The molecule has 0 aromatic heterocycles. The molecule has 0 heterocycles. The van der Waals surface area contributed by atoms with Gasteiger partial charge in [0, 0.05) is 12.0 Å². The second-order valence-electron chi connectivity index (χ2n) is 2.81. The zero-order valence-electron chi connectivity index (χ0n) is 8.31. The lowest BCUT2D eigenvalue weighted by molar-refractivity contribution is 0.151. The summed E-state index contributed by atoms with van der Waals surface area (Å²) < 4.78 is 0. The van der Waals surface area contributed by atoms with Gasteiger partial charge in [0.1, 0.15) is 12.8 Å². The van der Waals surface area contributed by atoms with Crippen LogP contribution in [0.1, 0.15) is 17.5 Å². The zero-order chi connectivity index (χ0) is 10.9. The molecule has 0 atom stereocenters. The van der Waals surface area contributed by atoms with Crippen LogP contribution in [0.3, 0.4) is 0 Å². The molecule has 0 bridgehead atoms. The summed E-state index contributed by atoms with van der Waals surface area (Å²) in [5, 5.41) is 12.3. The number of benzene rings is 1. The van der Waals surface area contributed by atoms with Crippen molar-refractivity contribution in [3.05, 3.63) is 48.0 Å². The Balaban J connectivity index is 2.49. The highest BCUT2D eigenvalue weighted by molar-refractivity contribution is 5.79. The molecular weight excluding hydrogens is 188 g/mol. The van der Waals surface area contributed by atoms with E-state index in [9.17, 15) is 0 Å². The van der Waals surface area contributed by atoms with Gasteiger partial charge in [0.25, 0.3) is 0 Å². The Morgan fingerprint density at radius 2 is 2.27 bits per heavy atom. The Morgan fingerprint density at radius 3 is 3.00 bits per heavy atom. The molecule has 0 amide bonds. The van der Waals surface area contributed by atoms with Crippen molar-refractivity contribution in [2.45, 2.75) is 6.42 Å². The average Bonchev–Trinajstić information content (AvgIpc) is 2.29. The van der Waals surface area contributed by atoms with Crippen LogP contribution in [0.4, 0.5) is 0 Å². The minimum atomic E-state index is 0.494. The summed E-state index contributed by atoms with van der Waals surface area (Å²) in [6.07, 6.45) is 5.20. The van der Waals surface area contributed by atoms with Crippen molar-refractivity contribution in [1.29, 1.82) is 5.26 Å². The van der Waals surface area contributed by atoms with Crippen LogP contribution in [0.25, 0.3) is 0 Å². The fourth-order valence-corrected chi connectivity index (χ4v) is 0.925. The maximum Gasteiger partial charge on any atom is 0.139 e. The first-order valence-corrected chi connectivity index (χ1v) is 4.56. The summed E-state index contributed by atoms with van der Waals surface area (Å²) in [6, 6.07) is 9.05. The van der Waals surface area contributed by atoms with Crippen molar-refractivity contribution in [3.63, 3.8) is 0 Å². The largest absolute Gasteiger partial charge is 0.395 e. The molecule has 75 valence electrons. The molecule has 0 saturated carbocycles. The second-order valence-corrected chi connectivity index (χ2v) is 2.81. The number of hydrogen-bond donors (Lipinski definition) is 0. The van der Waals surface area contributed by atoms with E-state index < -0.39 is 0 Å². The molecule has 0 unspecified atom stereocenters. The maximum absolute atomic E-state index is 8.65. The van der Waals surface area contributed by atoms with Gasteiger partial charge in [0.2, 0.25) is 0 Å². The standard InChI is InChI=1S/C12H11N2O/c1-2-3-7-15-14-10-12-6-4-5-11(8-12)9-13/h2,4-6,8H,1,3,7H2. The van der Waals surface area contributed by atoms with Crippen molar-refractivity contribution in [3.8, 4) is 6.07 Å². The van der Waals surface area contributed by atoms with Gasteiger partial charge in [0.15, 0.2) is 0 Å². The Labute approximate surface area is 89.3 Å². The van der Waals surface area contributed by atoms with Crippen LogP contribution < -0.4 is 0 Å². The fourth-order valence-electron chi connectivity index (χ4n) is 0.925. The molecule has 1 aromatic carbocycles. The van der Waals surface area contributed by atoms with E-state index in [0.29, 0.717) is 12.2 Å². The molecule has 3 heteroatoms. The topological polar surface area (TPSA) is 45.4 Å². The van der Waals surface area contributed by atoms with E-state index in [-0.39, 0.29) is 0 Å². The van der Waals surface area contributed by atoms with Crippen LogP contribution in [0.2, 0.25) is 0 Å². The molecule has 1 rings (SSSR count). The first-order valence-electron chi connectivity index (χ1n) is 4.56. The molecule has 0 N–H and O–H groups in total. The third-order valence-corrected chi connectivity index (χ3v) is 1.64. The summed E-state index contributed by atoms with van der Waals surface area (Å²) in [5.41, 5.74) is 1.31. The molecule has 1 aromatic rings. The summed E-state index contributed by atoms with van der Waals surface area (Å²) >= 11 is 0. The Bertz CT molecular complexity index is 391. The lowest BCUT2D eigenvalue weighted by Crippen LogP contribution is -1.87. The van der Waals surface area contributed by atoms with Gasteiger partial charge in [-0.1, -0.05) is 23.4 Å². The first kappa shape index (κ1) is 11.0. The highest BCUT2D eigenvalue weighted by atomic mass is 16.6. The molecule has 0 aliphatic heterocycles. The SMILES string of the molecule is C=CCCON=[C]c1cccc(C#N)c1. The smallest absolute Gasteiger partial charge is 0.139 e. The fraction of sp³-hybridized carbons (Fsp3) is 0.167. The highest BCUT2D eigenvalue weighted by Crippen LogP contribution is 2.01. The Kier molecular flexibility index (Phi) is 4.68. The van der Waals surface area contributed by atoms with Gasteiger partial charge in [-0.05, 0) is 12.1 Å². The third kappa shape index (κ3) is 4.10. The Morgan fingerprint density at radius 1 is 1.47 bits per heavy atom. The van der Waals surface area contributed by atoms with Gasteiger partial charge in [-0.15, -0.1) is 6.58 Å². The van der Waals surface area contributed by atoms with Crippen molar-refractivity contribution >= 4 is 6.21 Å². The maximum atomic E-state index is 8.65. The monoisotopic (exact) mass is 199 g/mol. The predicted molar refractivity (Wildman–Crippen MR) is 58.5 cm³/mol. The third-order valence-electron chi connectivity index (χ3n) is 1.64. The van der Waals surface area contributed by atoms with Crippen molar-refractivity contribution in [1.82, 2.24) is 0 Å². The van der Waals surface area contributed by atoms with Crippen molar-refractivity contribution < 1.29 is 4.84 Å². The Hall–Kier alpha value is -2.08. The van der Waals surface area contributed by atoms with Gasteiger partial charge < -0.3 is 4.84 Å². The molecule has 0 aliphatic rings. The second kappa shape index (κ2) is 6.39. The van der Waals surface area contributed by atoms with Crippen LogP contribution in [0.15, 0.2) is 42.1 Å². The minimum absolute atomic E-state index is 0.494.